The molecule has 0 aliphatic heterocycles. The number of hydrogen-bond acceptors (Lipinski definition) is 5. The van der Waals surface area contributed by atoms with Crippen LogP contribution < -0.4 is 5.73 Å². The average Bonchev–Trinajstić information content (AvgIpc) is 2.28. The third-order valence-electron chi connectivity index (χ3n) is 2.48. The van der Waals surface area contributed by atoms with Crippen molar-refractivity contribution in [1.29, 1.82) is 0 Å². The first kappa shape index (κ1) is 15.1. The van der Waals surface area contributed by atoms with Crippen molar-refractivity contribution in [2.24, 2.45) is 5.73 Å². The maximum Gasteiger partial charge on any atom is 0.178 e. The fourth-order valence-electron chi connectivity index (χ4n) is 1.45. The molecular weight excluding hydrogens is 274 g/mol. The molecule has 102 valence electrons. The van der Waals surface area contributed by atoms with E-state index in [4.69, 9.17) is 5.73 Å². The van der Waals surface area contributed by atoms with Crippen LogP contribution in [0.1, 0.15) is 12.8 Å². The second-order valence-corrected chi connectivity index (χ2v) is 8.18. The molecule has 2 N–H and O–H groups in total. The van der Waals surface area contributed by atoms with Crippen LogP contribution in [0.4, 0.5) is 0 Å². The molecule has 0 fully saturated rings. The molecule has 0 heterocycles. The van der Waals surface area contributed by atoms with E-state index in [0.29, 0.717) is 19.4 Å². The molecule has 0 aliphatic carbocycles. The largest absolute Gasteiger partial charge is 0.330 e. The number of unbranched alkanes of at least 4 members (excludes halogenated alkanes) is 1. The molecule has 0 amide bonds. The summed E-state index contributed by atoms with van der Waals surface area (Å²) in [7, 11) is -6.64. The van der Waals surface area contributed by atoms with E-state index in [0.717, 1.165) is 6.26 Å². The predicted molar refractivity (Wildman–Crippen MR) is 69.9 cm³/mol. The van der Waals surface area contributed by atoms with Crippen LogP contribution in [0.2, 0.25) is 0 Å². The number of rotatable bonds is 6. The topological polar surface area (TPSA) is 94.3 Å². The van der Waals surface area contributed by atoms with E-state index in [1.165, 1.54) is 24.3 Å². The van der Waals surface area contributed by atoms with Gasteiger partial charge in [0.25, 0.3) is 0 Å². The molecular formula is C11H17NO4S2. The van der Waals surface area contributed by atoms with Crippen LogP contribution in [0, 0.1) is 0 Å². The van der Waals surface area contributed by atoms with E-state index in [9.17, 15) is 16.8 Å². The maximum atomic E-state index is 11.9. The summed E-state index contributed by atoms with van der Waals surface area (Å²) in [5.74, 6) is 0.0302. The summed E-state index contributed by atoms with van der Waals surface area (Å²) in [5.41, 5.74) is 5.30. The van der Waals surface area contributed by atoms with Crippen LogP contribution in [-0.4, -0.2) is 35.4 Å². The molecule has 1 aromatic rings. The highest BCUT2D eigenvalue weighted by molar-refractivity contribution is 7.91. The van der Waals surface area contributed by atoms with Gasteiger partial charge in [-0.25, -0.2) is 16.8 Å². The van der Waals surface area contributed by atoms with Crippen LogP contribution >= 0.6 is 0 Å². The summed E-state index contributed by atoms with van der Waals surface area (Å²) in [6.45, 7) is 0.461. The van der Waals surface area contributed by atoms with Crippen LogP contribution in [-0.2, 0) is 19.7 Å². The summed E-state index contributed by atoms with van der Waals surface area (Å²) in [6.07, 6.45) is 2.24. The first-order valence-corrected chi connectivity index (χ1v) is 9.05. The summed E-state index contributed by atoms with van der Waals surface area (Å²) < 4.78 is 46.2. The molecule has 0 aliphatic rings. The average molecular weight is 291 g/mol. The normalized spacial score (nSPS) is 12.6. The van der Waals surface area contributed by atoms with E-state index in [-0.39, 0.29) is 15.5 Å². The molecule has 0 saturated carbocycles. The molecule has 7 heteroatoms. The quantitative estimate of drug-likeness (QED) is 0.775. The van der Waals surface area contributed by atoms with Gasteiger partial charge in [0.1, 0.15) is 0 Å². The van der Waals surface area contributed by atoms with Gasteiger partial charge in [0.15, 0.2) is 19.7 Å². The van der Waals surface area contributed by atoms with Gasteiger partial charge in [-0.15, -0.1) is 0 Å². The Morgan fingerprint density at radius 3 is 1.89 bits per heavy atom. The molecule has 0 unspecified atom stereocenters. The van der Waals surface area contributed by atoms with Gasteiger partial charge in [-0.05, 0) is 43.7 Å². The van der Waals surface area contributed by atoms with Gasteiger partial charge in [0, 0.05) is 6.26 Å². The van der Waals surface area contributed by atoms with Crippen molar-refractivity contribution in [3.05, 3.63) is 24.3 Å². The first-order chi connectivity index (χ1) is 8.27. The van der Waals surface area contributed by atoms with E-state index in [2.05, 4.69) is 0 Å². The van der Waals surface area contributed by atoms with Gasteiger partial charge in [-0.2, -0.15) is 0 Å². The molecule has 0 bridgehead atoms. The highest BCUT2D eigenvalue weighted by Gasteiger charge is 2.15. The third-order valence-corrected chi connectivity index (χ3v) is 5.42. The highest BCUT2D eigenvalue weighted by Crippen LogP contribution is 2.16. The molecule has 1 rings (SSSR count). The summed E-state index contributed by atoms with van der Waals surface area (Å²) in [4.78, 5) is 0.260. The standard InChI is InChI=1S/C11H17NO4S2/c1-17(13,14)10-4-6-11(7-5-10)18(15,16)9-3-2-8-12/h4-7H,2-3,8-9,12H2,1H3. The van der Waals surface area contributed by atoms with Crippen molar-refractivity contribution >= 4 is 19.7 Å². The van der Waals surface area contributed by atoms with Crippen molar-refractivity contribution in [2.45, 2.75) is 22.6 Å². The Morgan fingerprint density at radius 2 is 1.44 bits per heavy atom. The zero-order valence-electron chi connectivity index (χ0n) is 10.2. The van der Waals surface area contributed by atoms with Crippen LogP contribution in [0.5, 0.6) is 0 Å². The number of benzene rings is 1. The lowest BCUT2D eigenvalue weighted by Crippen LogP contribution is -2.09. The zero-order valence-corrected chi connectivity index (χ0v) is 11.8. The number of sulfone groups is 2. The summed E-state index contributed by atoms with van der Waals surface area (Å²) in [6, 6.07) is 5.28. The minimum atomic E-state index is -3.35. The van der Waals surface area contributed by atoms with Gasteiger partial charge in [0.2, 0.25) is 0 Å². The third kappa shape index (κ3) is 4.08. The van der Waals surface area contributed by atoms with Gasteiger partial charge in [-0.1, -0.05) is 0 Å². The van der Waals surface area contributed by atoms with Gasteiger partial charge in [-0.3, -0.25) is 0 Å². The molecule has 18 heavy (non-hydrogen) atoms. The van der Waals surface area contributed by atoms with Crippen LogP contribution in [0.3, 0.4) is 0 Å². The fourth-order valence-corrected chi connectivity index (χ4v) is 3.45. The van der Waals surface area contributed by atoms with Crippen molar-refractivity contribution in [3.8, 4) is 0 Å². The van der Waals surface area contributed by atoms with Gasteiger partial charge >= 0.3 is 0 Å². The first-order valence-electron chi connectivity index (χ1n) is 5.50. The van der Waals surface area contributed by atoms with Crippen molar-refractivity contribution < 1.29 is 16.8 Å². The monoisotopic (exact) mass is 291 g/mol. The SMILES string of the molecule is CS(=O)(=O)c1ccc(S(=O)(=O)CCCCN)cc1. The highest BCUT2D eigenvalue weighted by atomic mass is 32.2. The zero-order chi connectivity index (χ0) is 13.8. The van der Waals surface area contributed by atoms with Crippen LogP contribution in [0.25, 0.3) is 0 Å². The molecule has 0 spiro atoms. The molecule has 0 radical (unpaired) electrons. The lowest BCUT2D eigenvalue weighted by Gasteiger charge is -2.05. The Balaban J connectivity index is 2.91. The predicted octanol–water partition coefficient (Wildman–Crippen LogP) is 0.603. The van der Waals surface area contributed by atoms with E-state index >= 15 is 0 Å². The second kappa shape index (κ2) is 5.81. The van der Waals surface area contributed by atoms with Crippen molar-refractivity contribution in [3.63, 3.8) is 0 Å². The van der Waals surface area contributed by atoms with Gasteiger partial charge in [0.05, 0.1) is 15.5 Å². The lowest BCUT2D eigenvalue weighted by atomic mass is 10.3. The number of nitrogens with two attached hydrogens (primary N) is 1. The minimum Gasteiger partial charge on any atom is -0.330 e. The van der Waals surface area contributed by atoms with E-state index in [1.54, 1.807) is 0 Å². The van der Waals surface area contributed by atoms with Gasteiger partial charge < -0.3 is 5.73 Å². The second-order valence-electron chi connectivity index (χ2n) is 4.06. The number of hydrogen-bond donors (Lipinski definition) is 1. The van der Waals surface area contributed by atoms with Crippen LogP contribution in [0.15, 0.2) is 34.1 Å². The van der Waals surface area contributed by atoms with E-state index in [1.807, 2.05) is 0 Å². The Labute approximate surface area is 108 Å². The Bertz CT molecular complexity index is 588. The minimum absolute atomic E-state index is 0.0302. The lowest BCUT2D eigenvalue weighted by molar-refractivity contribution is 0.590. The Hall–Kier alpha value is -0.920. The maximum absolute atomic E-state index is 11.9. The fraction of sp³-hybridized carbons (Fsp3) is 0.455. The molecule has 0 aromatic heterocycles. The van der Waals surface area contributed by atoms with Crippen molar-refractivity contribution in [2.75, 3.05) is 18.6 Å². The summed E-state index contributed by atoms with van der Waals surface area (Å²) in [5, 5.41) is 0. The smallest absolute Gasteiger partial charge is 0.178 e. The Kier molecular flexibility index (Phi) is 4.89. The van der Waals surface area contributed by atoms with E-state index < -0.39 is 19.7 Å². The van der Waals surface area contributed by atoms with Crippen molar-refractivity contribution in [1.82, 2.24) is 0 Å². The molecule has 1 aromatic carbocycles. The molecule has 0 atom stereocenters. The summed E-state index contributed by atoms with van der Waals surface area (Å²) >= 11 is 0. The Morgan fingerprint density at radius 1 is 0.944 bits per heavy atom. The molecule has 5 nitrogen and oxygen atoms in total. The molecule has 0 saturated heterocycles.